The minimum atomic E-state index is -0.585. The molecule has 1 fully saturated rings. The second kappa shape index (κ2) is 10.8. The third-order valence-electron chi connectivity index (χ3n) is 5.75. The molecule has 3 aromatic rings. The van der Waals surface area contributed by atoms with Gasteiger partial charge in [0.05, 0.1) is 18.3 Å². The van der Waals surface area contributed by atoms with E-state index in [9.17, 15) is 19.7 Å². The lowest BCUT2D eigenvalue weighted by molar-refractivity contribution is -0.385. The van der Waals surface area contributed by atoms with Gasteiger partial charge in [0.2, 0.25) is 5.82 Å². The third kappa shape index (κ3) is 5.43. The van der Waals surface area contributed by atoms with E-state index in [0.29, 0.717) is 44.8 Å². The van der Waals surface area contributed by atoms with Gasteiger partial charge in [-0.15, -0.1) is 0 Å². The summed E-state index contributed by atoms with van der Waals surface area (Å²) in [6.07, 6.45) is 3.57. The second-order valence-corrected chi connectivity index (χ2v) is 8.15. The molecule has 1 saturated heterocycles. The molecule has 0 bridgehead atoms. The molecule has 0 saturated carbocycles. The highest BCUT2D eigenvalue weighted by atomic mass is 16.6. The Morgan fingerprint density at radius 3 is 2.56 bits per heavy atom. The number of Topliss-reactive ketones (excluding diaryl/α,β-unsaturated/α-hetero) is 1. The van der Waals surface area contributed by atoms with Gasteiger partial charge in [0, 0.05) is 32.6 Å². The van der Waals surface area contributed by atoms with Crippen molar-refractivity contribution in [1.29, 1.82) is 0 Å². The first-order valence-corrected chi connectivity index (χ1v) is 11.3. The van der Waals surface area contributed by atoms with E-state index in [-0.39, 0.29) is 40.6 Å². The first-order valence-electron chi connectivity index (χ1n) is 11.3. The van der Waals surface area contributed by atoms with Gasteiger partial charge in [0.1, 0.15) is 12.1 Å². The number of ketones is 1. The minimum Gasteiger partial charge on any atom is -0.493 e. The van der Waals surface area contributed by atoms with Crippen LogP contribution in [-0.2, 0) is 11.2 Å². The molecule has 1 aliphatic rings. The fraction of sp³-hybridized carbons (Fsp3) is 0.333. The number of aryl methyl sites for hydroxylation is 1. The summed E-state index contributed by atoms with van der Waals surface area (Å²) in [5.74, 6) is 0.556. The largest absolute Gasteiger partial charge is 0.493 e. The van der Waals surface area contributed by atoms with Crippen LogP contribution >= 0.6 is 0 Å². The Hall–Kier alpha value is -4.48. The van der Waals surface area contributed by atoms with Crippen molar-refractivity contribution in [2.45, 2.75) is 19.8 Å². The van der Waals surface area contributed by atoms with Gasteiger partial charge < -0.3 is 28.5 Å². The molecule has 1 aliphatic heterocycles. The number of carbonyl (C=O) groups is 2. The van der Waals surface area contributed by atoms with Crippen LogP contribution < -0.4 is 14.4 Å². The summed E-state index contributed by atoms with van der Waals surface area (Å²) >= 11 is 0. The zero-order valence-corrected chi connectivity index (χ0v) is 19.9. The van der Waals surface area contributed by atoms with Crippen LogP contribution in [0.3, 0.4) is 0 Å². The van der Waals surface area contributed by atoms with Crippen LogP contribution in [0.4, 0.5) is 11.5 Å². The van der Waals surface area contributed by atoms with Gasteiger partial charge in [-0.2, -0.15) is 4.98 Å². The van der Waals surface area contributed by atoms with Crippen molar-refractivity contribution in [3.63, 3.8) is 0 Å². The molecule has 12 heteroatoms. The van der Waals surface area contributed by atoms with Crippen molar-refractivity contribution in [3.05, 3.63) is 64.4 Å². The van der Waals surface area contributed by atoms with E-state index in [0.717, 1.165) is 5.56 Å². The van der Waals surface area contributed by atoms with Crippen LogP contribution in [0.1, 0.15) is 29.5 Å². The summed E-state index contributed by atoms with van der Waals surface area (Å²) in [6.45, 7) is 2.87. The van der Waals surface area contributed by atoms with Crippen molar-refractivity contribution in [1.82, 2.24) is 14.9 Å². The van der Waals surface area contributed by atoms with Crippen molar-refractivity contribution in [2.24, 2.45) is 0 Å². The standard InChI is InChI=1S/C24H25N5O7/c1-16(30)5-6-17-7-8-18(20(14-17)34-2)36-23-21(29(32)33)22(25-15-26-23)27-9-11-28(12-10-27)24(31)19-4-3-13-35-19/h3-4,7-8,13-15H,5-6,9-12H2,1-2H3. The van der Waals surface area contributed by atoms with E-state index in [2.05, 4.69) is 9.97 Å². The Morgan fingerprint density at radius 1 is 1.14 bits per heavy atom. The van der Waals surface area contributed by atoms with E-state index in [1.165, 1.54) is 26.6 Å². The average Bonchev–Trinajstić information content (AvgIpc) is 3.42. The maximum absolute atomic E-state index is 12.5. The molecule has 0 aliphatic carbocycles. The Kier molecular flexibility index (Phi) is 7.42. The predicted octanol–water partition coefficient (Wildman–Crippen LogP) is 3.26. The van der Waals surface area contributed by atoms with Crippen LogP contribution in [0.2, 0.25) is 0 Å². The summed E-state index contributed by atoms with van der Waals surface area (Å²) in [5, 5.41) is 12.0. The van der Waals surface area contributed by atoms with E-state index in [1.807, 2.05) is 0 Å². The number of anilines is 1. The van der Waals surface area contributed by atoms with Crippen LogP contribution in [0.25, 0.3) is 0 Å². The Balaban J connectivity index is 1.54. The van der Waals surface area contributed by atoms with E-state index in [4.69, 9.17) is 13.9 Å². The highest BCUT2D eigenvalue weighted by Crippen LogP contribution is 2.39. The van der Waals surface area contributed by atoms with Crippen LogP contribution in [0, 0.1) is 10.1 Å². The van der Waals surface area contributed by atoms with Crippen molar-refractivity contribution >= 4 is 23.2 Å². The number of amides is 1. The second-order valence-electron chi connectivity index (χ2n) is 8.15. The summed E-state index contributed by atoms with van der Waals surface area (Å²) in [6, 6.07) is 8.35. The van der Waals surface area contributed by atoms with E-state index in [1.54, 1.807) is 40.1 Å². The topological polar surface area (TPSA) is 141 Å². The van der Waals surface area contributed by atoms with Gasteiger partial charge in [-0.05, 0) is 43.2 Å². The molecule has 0 spiro atoms. The number of piperazine rings is 1. The average molecular weight is 495 g/mol. The maximum atomic E-state index is 12.5. The minimum absolute atomic E-state index is 0.0737. The molecule has 0 atom stereocenters. The molecule has 12 nitrogen and oxygen atoms in total. The highest BCUT2D eigenvalue weighted by Gasteiger charge is 2.32. The smallest absolute Gasteiger partial charge is 0.373 e. The van der Waals surface area contributed by atoms with E-state index < -0.39 is 4.92 Å². The zero-order chi connectivity index (χ0) is 25.7. The summed E-state index contributed by atoms with van der Waals surface area (Å²) < 4.78 is 16.4. The summed E-state index contributed by atoms with van der Waals surface area (Å²) in [7, 11) is 1.46. The third-order valence-corrected chi connectivity index (χ3v) is 5.75. The number of rotatable bonds is 9. The lowest BCUT2D eigenvalue weighted by atomic mass is 10.1. The quantitative estimate of drug-likeness (QED) is 0.321. The number of nitrogens with zero attached hydrogens (tertiary/aromatic N) is 5. The molecule has 4 rings (SSSR count). The van der Waals surface area contributed by atoms with Gasteiger partial charge >= 0.3 is 11.6 Å². The molecule has 3 heterocycles. The van der Waals surface area contributed by atoms with Gasteiger partial charge in [0.25, 0.3) is 5.91 Å². The molecule has 1 aromatic carbocycles. The zero-order valence-electron chi connectivity index (χ0n) is 19.9. The maximum Gasteiger partial charge on any atom is 0.373 e. The number of hydrogen-bond donors (Lipinski definition) is 0. The normalized spacial score (nSPS) is 13.4. The highest BCUT2D eigenvalue weighted by molar-refractivity contribution is 5.91. The number of hydrogen-bond acceptors (Lipinski definition) is 10. The fourth-order valence-electron chi connectivity index (χ4n) is 3.87. The van der Waals surface area contributed by atoms with Crippen molar-refractivity contribution in [3.8, 4) is 17.4 Å². The van der Waals surface area contributed by atoms with Crippen LogP contribution in [-0.4, -0.2) is 64.8 Å². The molecular formula is C24H25N5O7. The number of benzene rings is 1. The summed E-state index contributed by atoms with van der Waals surface area (Å²) in [4.78, 5) is 46.8. The molecule has 0 unspecified atom stereocenters. The molecule has 188 valence electrons. The Bertz CT molecular complexity index is 1250. The number of furan rings is 1. The monoisotopic (exact) mass is 495 g/mol. The Labute approximate surface area is 206 Å². The molecular weight excluding hydrogens is 470 g/mol. The fourth-order valence-corrected chi connectivity index (χ4v) is 3.87. The molecule has 0 radical (unpaired) electrons. The van der Waals surface area contributed by atoms with Crippen molar-refractivity contribution in [2.75, 3.05) is 38.2 Å². The van der Waals surface area contributed by atoms with E-state index >= 15 is 0 Å². The lowest BCUT2D eigenvalue weighted by Crippen LogP contribution is -2.49. The van der Waals surface area contributed by atoms with Gasteiger partial charge in [-0.3, -0.25) is 14.9 Å². The SMILES string of the molecule is COc1cc(CCC(C)=O)ccc1Oc1ncnc(N2CCN(C(=O)c3ccco3)CC2)c1[N+](=O)[O-]. The number of methoxy groups -OCH3 is 1. The molecule has 1 amide bonds. The lowest BCUT2D eigenvalue weighted by Gasteiger charge is -2.34. The van der Waals surface area contributed by atoms with Crippen molar-refractivity contribution < 1.29 is 28.4 Å². The number of aromatic nitrogens is 2. The van der Waals surface area contributed by atoms with Crippen LogP contribution in [0.15, 0.2) is 47.3 Å². The predicted molar refractivity (Wildman–Crippen MR) is 128 cm³/mol. The van der Waals surface area contributed by atoms with Gasteiger partial charge in [-0.1, -0.05) is 6.07 Å². The number of carbonyl (C=O) groups excluding carboxylic acids is 2. The molecule has 0 N–H and O–H groups in total. The van der Waals surface area contributed by atoms with Gasteiger partial charge in [0.15, 0.2) is 17.3 Å². The van der Waals surface area contributed by atoms with Gasteiger partial charge in [-0.25, -0.2) is 4.98 Å². The summed E-state index contributed by atoms with van der Waals surface area (Å²) in [5.41, 5.74) is 0.486. The Morgan fingerprint density at radius 2 is 1.92 bits per heavy atom. The number of nitro groups is 1. The molecule has 2 aromatic heterocycles. The first kappa shape index (κ1) is 24.6. The first-order chi connectivity index (χ1) is 17.4. The van der Waals surface area contributed by atoms with Crippen LogP contribution in [0.5, 0.6) is 17.4 Å². The number of ether oxygens (including phenoxy) is 2. The molecule has 36 heavy (non-hydrogen) atoms.